The highest BCUT2D eigenvalue weighted by molar-refractivity contribution is 5.91. The van der Waals surface area contributed by atoms with Crippen LogP contribution in [0.25, 0.3) is 5.78 Å². The molecule has 2 aliphatic rings. The number of amides is 2. The number of carbonyl (C=O) groups is 2. The van der Waals surface area contributed by atoms with E-state index in [2.05, 4.69) is 20.4 Å². The van der Waals surface area contributed by atoms with Gasteiger partial charge in [0.15, 0.2) is 0 Å². The van der Waals surface area contributed by atoms with Crippen LogP contribution < -0.4 is 5.32 Å². The minimum Gasteiger partial charge on any atom is -0.439 e. The normalized spacial score (nSPS) is 24.5. The molecule has 22 heavy (non-hydrogen) atoms. The van der Waals surface area contributed by atoms with Crippen molar-refractivity contribution >= 4 is 17.8 Å². The Labute approximate surface area is 125 Å². The van der Waals surface area contributed by atoms with Crippen LogP contribution in [0.2, 0.25) is 0 Å². The molecular formula is C13H14N6O3. The fourth-order valence-electron chi connectivity index (χ4n) is 2.97. The molecule has 9 heteroatoms. The van der Waals surface area contributed by atoms with E-state index in [1.165, 1.54) is 4.52 Å². The van der Waals surface area contributed by atoms with E-state index in [0.29, 0.717) is 25.4 Å². The Balaban J connectivity index is 1.58. The van der Waals surface area contributed by atoms with Crippen LogP contribution in [0.15, 0.2) is 18.5 Å². The summed E-state index contributed by atoms with van der Waals surface area (Å²) in [5.74, 6) is 0.215. The van der Waals surface area contributed by atoms with Crippen LogP contribution in [0, 0.1) is 0 Å². The van der Waals surface area contributed by atoms with Crippen LogP contribution in [-0.2, 0) is 4.74 Å². The molecule has 4 heterocycles. The molecule has 0 saturated carbocycles. The van der Waals surface area contributed by atoms with E-state index in [9.17, 15) is 9.59 Å². The van der Waals surface area contributed by atoms with Gasteiger partial charge in [-0.25, -0.2) is 14.3 Å². The lowest BCUT2D eigenvalue weighted by Gasteiger charge is -2.37. The second-order valence-electron chi connectivity index (χ2n) is 5.56. The average molecular weight is 302 g/mol. The van der Waals surface area contributed by atoms with Crippen molar-refractivity contribution in [2.75, 3.05) is 19.6 Å². The van der Waals surface area contributed by atoms with E-state index in [4.69, 9.17) is 4.74 Å². The SMILES string of the molecule is O=C1NC[C@@]2(CCCN(C(=O)c3nc4ncccn4n3)C2)O1. The Morgan fingerprint density at radius 1 is 1.45 bits per heavy atom. The van der Waals surface area contributed by atoms with Gasteiger partial charge in [0.2, 0.25) is 5.82 Å². The Morgan fingerprint density at radius 3 is 3.14 bits per heavy atom. The van der Waals surface area contributed by atoms with Gasteiger partial charge >= 0.3 is 6.09 Å². The highest BCUT2D eigenvalue weighted by Crippen LogP contribution is 2.28. The fourth-order valence-corrected chi connectivity index (χ4v) is 2.97. The molecule has 2 saturated heterocycles. The van der Waals surface area contributed by atoms with Gasteiger partial charge in [-0.05, 0) is 18.9 Å². The lowest BCUT2D eigenvalue weighted by Crippen LogP contribution is -2.52. The number of hydrogen-bond donors (Lipinski definition) is 1. The summed E-state index contributed by atoms with van der Waals surface area (Å²) in [4.78, 5) is 33.7. The first-order valence-electron chi connectivity index (χ1n) is 7.09. The number of piperidine rings is 1. The van der Waals surface area contributed by atoms with Crippen LogP contribution in [-0.4, -0.2) is 61.7 Å². The number of fused-ring (bicyclic) bond motifs is 1. The van der Waals surface area contributed by atoms with E-state index < -0.39 is 11.7 Å². The quantitative estimate of drug-likeness (QED) is 0.785. The zero-order chi connectivity index (χ0) is 15.2. The Bertz CT molecular complexity index is 726. The molecule has 2 aromatic heterocycles. The topological polar surface area (TPSA) is 102 Å². The second-order valence-corrected chi connectivity index (χ2v) is 5.56. The molecule has 9 nitrogen and oxygen atoms in total. The molecule has 0 bridgehead atoms. The van der Waals surface area contributed by atoms with Crippen molar-refractivity contribution in [1.29, 1.82) is 0 Å². The summed E-state index contributed by atoms with van der Waals surface area (Å²) in [6.07, 6.45) is 4.37. The highest BCUT2D eigenvalue weighted by Gasteiger charge is 2.45. The molecule has 2 fully saturated rings. The van der Waals surface area contributed by atoms with Crippen LogP contribution in [0.4, 0.5) is 4.79 Å². The fraction of sp³-hybridized carbons (Fsp3) is 0.462. The van der Waals surface area contributed by atoms with Crippen molar-refractivity contribution in [3.63, 3.8) is 0 Å². The minimum atomic E-state index is -0.623. The number of hydrogen-bond acceptors (Lipinski definition) is 6. The van der Waals surface area contributed by atoms with Gasteiger partial charge in [0.1, 0.15) is 5.60 Å². The summed E-state index contributed by atoms with van der Waals surface area (Å²) in [7, 11) is 0. The number of nitrogens with one attached hydrogen (secondary N) is 1. The van der Waals surface area contributed by atoms with Crippen LogP contribution in [0.3, 0.4) is 0 Å². The first kappa shape index (κ1) is 13.0. The van der Waals surface area contributed by atoms with Crippen molar-refractivity contribution in [2.24, 2.45) is 0 Å². The summed E-state index contributed by atoms with van der Waals surface area (Å²) in [6, 6.07) is 1.72. The zero-order valence-corrected chi connectivity index (χ0v) is 11.7. The molecule has 1 atom stereocenters. The summed E-state index contributed by atoms with van der Waals surface area (Å²) in [5.41, 5.74) is -0.623. The summed E-state index contributed by atoms with van der Waals surface area (Å²) in [5, 5.41) is 6.80. The third-order valence-electron chi connectivity index (χ3n) is 4.00. The Hall–Kier alpha value is -2.71. The monoisotopic (exact) mass is 302 g/mol. The van der Waals surface area contributed by atoms with E-state index in [-0.39, 0.29) is 11.7 Å². The molecule has 2 aromatic rings. The number of alkyl carbamates (subject to hydrolysis) is 1. The number of ether oxygens (including phenoxy) is 1. The molecule has 2 amide bonds. The number of carbonyl (C=O) groups excluding carboxylic acids is 2. The third-order valence-corrected chi connectivity index (χ3v) is 4.00. The number of likely N-dealkylation sites (tertiary alicyclic amines) is 1. The van der Waals surface area contributed by atoms with Gasteiger partial charge in [-0.2, -0.15) is 4.98 Å². The predicted molar refractivity (Wildman–Crippen MR) is 73.1 cm³/mol. The maximum Gasteiger partial charge on any atom is 0.407 e. The van der Waals surface area contributed by atoms with Gasteiger partial charge in [-0.3, -0.25) is 4.79 Å². The van der Waals surface area contributed by atoms with Gasteiger partial charge < -0.3 is 15.0 Å². The lowest BCUT2D eigenvalue weighted by molar-refractivity contribution is -0.00543. The Morgan fingerprint density at radius 2 is 2.36 bits per heavy atom. The number of aromatic nitrogens is 4. The minimum absolute atomic E-state index is 0.105. The van der Waals surface area contributed by atoms with Crippen molar-refractivity contribution in [1.82, 2.24) is 29.8 Å². The van der Waals surface area contributed by atoms with Gasteiger partial charge in [0.05, 0.1) is 13.1 Å². The smallest absolute Gasteiger partial charge is 0.407 e. The molecule has 0 aliphatic carbocycles. The molecule has 1 N–H and O–H groups in total. The molecule has 4 rings (SSSR count). The van der Waals surface area contributed by atoms with E-state index in [1.54, 1.807) is 23.4 Å². The van der Waals surface area contributed by atoms with E-state index in [1.807, 2.05) is 0 Å². The van der Waals surface area contributed by atoms with Crippen molar-refractivity contribution in [2.45, 2.75) is 18.4 Å². The molecular weight excluding hydrogens is 288 g/mol. The molecule has 114 valence electrons. The first-order valence-corrected chi connectivity index (χ1v) is 7.09. The van der Waals surface area contributed by atoms with Gasteiger partial charge in [0.25, 0.3) is 11.7 Å². The molecule has 1 spiro atoms. The third kappa shape index (κ3) is 2.05. The predicted octanol–water partition coefficient (Wildman–Crippen LogP) is -0.161. The van der Waals surface area contributed by atoms with Gasteiger partial charge in [-0.15, -0.1) is 5.10 Å². The van der Waals surface area contributed by atoms with E-state index >= 15 is 0 Å². The summed E-state index contributed by atoms with van der Waals surface area (Å²) >= 11 is 0. The molecule has 0 radical (unpaired) electrons. The second kappa shape index (κ2) is 4.65. The molecule has 2 aliphatic heterocycles. The van der Waals surface area contributed by atoms with Crippen LogP contribution in [0.1, 0.15) is 23.5 Å². The standard InChI is InChI=1S/C13H14N6O3/c20-10(9-16-11-14-4-2-6-19(11)17-9)18-5-1-3-13(8-18)7-15-12(21)22-13/h2,4,6H,1,3,5,7-8H2,(H,15,21)/t13-/m1/s1. The number of nitrogens with zero attached hydrogens (tertiary/aromatic N) is 5. The molecule has 0 aromatic carbocycles. The van der Waals surface area contributed by atoms with Crippen LogP contribution >= 0.6 is 0 Å². The van der Waals surface area contributed by atoms with Gasteiger partial charge in [-0.1, -0.05) is 0 Å². The molecule has 0 unspecified atom stereocenters. The Kier molecular flexibility index (Phi) is 2.75. The first-order chi connectivity index (χ1) is 10.7. The van der Waals surface area contributed by atoms with Crippen molar-refractivity contribution in [3.05, 3.63) is 24.3 Å². The van der Waals surface area contributed by atoms with E-state index in [0.717, 1.165) is 12.8 Å². The average Bonchev–Trinajstić information content (AvgIpc) is 3.10. The maximum atomic E-state index is 12.6. The number of rotatable bonds is 1. The summed E-state index contributed by atoms with van der Waals surface area (Å²) in [6.45, 7) is 1.38. The lowest BCUT2D eigenvalue weighted by atomic mass is 9.93. The maximum absolute atomic E-state index is 12.6. The highest BCUT2D eigenvalue weighted by atomic mass is 16.6. The van der Waals surface area contributed by atoms with Gasteiger partial charge in [0, 0.05) is 18.9 Å². The summed E-state index contributed by atoms with van der Waals surface area (Å²) < 4.78 is 6.83. The van der Waals surface area contributed by atoms with Crippen molar-refractivity contribution < 1.29 is 14.3 Å². The van der Waals surface area contributed by atoms with Crippen LogP contribution in [0.5, 0.6) is 0 Å². The van der Waals surface area contributed by atoms with Crippen molar-refractivity contribution in [3.8, 4) is 0 Å². The largest absolute Gasteiger partial charge is 0.439 e. The zero-order valence-electron chi connectivity index (χ0n) is 11.7.